The maximum Gasteiger partial charge on any atom is 0.309 e. The van der Waals surface area contributed by atoms with Crippen LogP contribution in [0, 0.1) is 11.3 Å². The number of nitrogens with zero attached hydrogens (tertiary/aromatic N) is 1. The van der Waals surface area contributed by atoms with Crippen molar-refractivity contribution >= 4 is 5.97 Å². The van der Waals surface area contributed by atoms with Gasteiger partial charge in [0.15, 0.2) is 0 Å². The lowest BCUT2D eigenvalue weighted by molar-refractivity contribution is -0.147. The highest BCUT2D eigenvalue weighted by molar-refractivity contribution is 5.73. The van der Waals surface area contributed by atoms with Gasteiger partial charge in [0.2, 0.25) is 0 Å². The summed E-state index contributed by atoms with van der Waals surface area (Å²) in [6.45, 7) is 6.83. The van der Waals surface area contributed by atoms with Gasteiger partial charge in [-0.3, -0.25) is 4.79 Å². The summed E-state index contributed by atoms with van der Waals surface area (Å²) in [6, 6.07) is 0.647. The SMILES string of the molecule is CC1CCCCC1N(C)CCC(C)(C)C(=O)O. The van der Waals surface area contributed by atoms with Gasteiger partial charge in [0, 0.05) is 6.04 Å². The van der Waals surface area contributed by atoms with Crippen LogP contribution in [0.2, 0.25) is 0 Å². The first-order valence-electron chi connectivity index (χ1n) is 6.78. The number of carboxylic acid groups (broad SMARTS) is 1. The zero-order valence-electron chi connectivity index (χ0n) is 11.7. The Bertz CT molecular complexity index is 263. The maximum atomic E-state index is 11.1. The molecule has 0 heterocycles. The summed E-state index contributed by atoms with van der Waals surface area (Å²) < 4.78 is 0. The van der Waals surface area contributed by atoms with Gasteiger partial charge in [-0.05, 0) is 52.6 Å². The fraction of sp³-hybridized carbons (Fsp3) is 0.929. The van der Waals surface area contributed by atoms with E-state index in [1.54, 1.807) is 0 Å². The smallest absolute Gasteiger partial charge is 0.309 e. The summed E-state index contributed by atoms with van der Waals surface area (Å²) >= 11 is 0. The Balaban J connectivity index is 2.43. The fourth-order valence-corrected chi connectivity index (χ4v) is 2.68. The number of hydrogen-bond donors (Lipinski definition) is 1. The molecule has 1 N–H and O–H groups in total. The minimum absolute atomic E-state index is 0.605. The molecule has 0 saturated heterocycles. The zero-order valence-corrected chi connectivity index (χ0v) is 11.7. The van der Waals surface area contributed by atoms with Crippen LogP contribution in [0.3, 0.4) is 0 Å². The summed E-state index contributed by atoms with van der Waals surface area (Å²) in [5.74, 6) is 0.0595. The lowest BCUT2D eigenvalue weighted by atomic mass is 9.84. The second-order valence-electron chi connectivity index (χ2n) is 6.25. The molecule has 0 aromatic heterocycles. The quantitative estimate of drug-likeness (QED) is 0.804. The molecule has 0 bridgehead atoms. The van der Waals surface area contributed by atoms with Crippen molar-refractivity contribution in [1.82, 2.24) is 4.90 Å². The molecule has 1 saturated carbocycles. The van der Waals surface area contributed by atoms with Crippen LogP contribution in [0.5, 0.6) is 0 Å². The zero-order chi connectivity index (χ0) is 13.1. The van der Waals surface area contributed by atoms with Crippen LogP contribution in [-0.4, -0.2) is 35.6 Å². The first-order valence-corrected chi connectivity index (χ1v) is 6.78. The second kappa shape index (κ2) is 5.85. The van der Waals surface area contributed by atoms with Crippen molar-refractivity contribution in [2.75, 3.05) is 13.6 Å². The minimum Gasteiger partial charge on any atom is -0.481 e. The molecule has 1 rings (SSSR count). The Morgan fingerprint density at radius 1 is 1.35 bits per heavy atom. The highest BCUT2D eigenvalue weighted by atomic mass is 16.4. The van der Waals surface area contributed by atoms with E-state index in [1.165, 1.54) is 25.7 Å². The van der Waals surface area contributed by atoms with Gasteiger partial charge >= 0.3 is 5.97 Å². The lowest BCUT2D eigenvalue weighted by Crippen LogP contribution is -2.41. The Hall–Kier alpha value is -0.570. The average molecular weight is 241 g/mol. The molecular weight excluding hydrogens is 214 g/mol. The van der Waals surface area contributed by atoms with Crippen LogP contribution in [0.15, 0.2) is 0 Å². The van der Waals surface area contributed by atoms with E-state index in [0.29, 0.717) is 6.04 Å². The first kappa shape index (κ1) is 14.5. The van der Waals surface area contributed by atoms with Crippen LogP contribution >= 0.6 is 0 Å². The van der Waals surface area contributed by atoms with E-state index in [9.17, 15) is 4.79 Å². The average Bonchev–Trinajstić information content (AvgIpc) is 2.26. The molecule has 0 aliphatic heterocycles. The number of rotatable bonds is 5. The fourth-order valence-electron chi connectivity index (χ4n) is 2.68. The first-order chi connectivity index (χ1) is 7.84. The van der Waals surface area contributed by atoms with Crippen LogP contribution in [-0.2, 0) is 4.79 Å². The topological polar surface area (TPSA) is 40.5 Å². The Morgan fingerprint density at radius 2 is 1.94 bits per heavy atom. The third-order valence-corrected chi connectivity index (χ3v) is 4.30. The van der Waals surface area contributed by atoms with E-state index in [-0.39, 0.29) is 0 Å². The number of hydrogen-bond acceptors (Lipinski definition) is 2. The van der Waals surface area contributed by atoms with Crippen LogP contribution in [0.25, 0.3) is 0 Å². The third kappa shape index (κ3) is 3.98. The van der Waals surface area contributed by atoms with Crippen molar-refractivity contribution in [3.8, 4) is 0 Å². The van der Waals surface area contributed by atoms with E-state index < -0.39 is 11.4 Å². The van der Waals surface area contributed by atoms with Gasteiger partial charge in [-0.15, -0.1) is 0 Å². The Labute approximate surface area is 105 Å². The molecule has 0 aromatic rings. The van der Waals surface area contributed by atoms with E-state index in [0.717, 1.165) is 18.9 Å². The molecule has 3 heteroatoms. The van der Waals surface area contributed by atoms with E-state index in [4.69, 9.17) is 5.11 Å². The molecule has 3 nitrogen and oxygen atoms in total. The summed E-state index contributed by atoms with van der Waals surface area (Å²) in [4.78, 5) is 13.4. The molecule has 2 unspecified atom stereocenters. The Morgan fingerprint density at radius 3 is 2.47 bits per heavy atom. The van der Waals surface area contributed by atoms with Crippen molar-refractivity contribution in [2.24, 2.45) is 11.3 Å². The van der Waals surface area contributed by atoms with Gasteiger partial charge < -0.3 is 10.0 Å². The largest absolute Gasteiger partial charge is 0.481 e. The molecule has 0 aromatic carbocycles. The van der Waals surface area contributed by atoms with Gasteiger partial charge in [-0.25, -0.2) is 0 Å². The third-order valence-electron chi connectivity index (χ3n) is 4.30. The number of carbonyl (C=O) groups is 1. The van der Waals surface area contributed by atoms with Crippen LogP contribution in [0.4, 0.5) is 0 Å². The predicted molar refractivity (Wildman–Crippen MR) is 70.1 cm³/mol. The molecule has 17 heavy (non-hydrogen) atoms. The van der Waals surface area contributed by atoms with Gasteiger partial charge in [0.25, 0.3) is 0 Å². The molecule has 100 valence electrons. The highest BCUT2D eigenvalue weighted by Crippen LogP contribution is 2.29. The van der Waals surface area contributed by atoms with Gasteiger partial charge in [0.05, 0.1) is 5.41 Å². The van der Waals surface area contributed by atoms with Crippen LogP contribution < -0.4 is 0 Å². The molecule has 2 atom stereocenters. The summed E-state index contributed by atoms with van der Waals surface area (Å²) in [5, 5.41) is 9.10. The Kier molecular flexibility index (Phi) is 4.99. The van der Waals surface area contributed by atoms with E-state index >= 15 is 0 Å². The predicted octanol–water partition coefficient (Wildman–Crippen LogP) is 3.00. The van der Waals surface area contributed by atoms with Crippen molar-refractivity contribution in [3.63, 3.8) is 0 Å². The van der Waals surface area contributed by atoms with Crippen LogP contribution in [0.1, 0.15) is 52.9 Å². The van der Waals surface area contributed by atoms with Gasteiger partial charge in [0.1, 0.15) is 0 Å². The maximum absolute atomic E-state index is 11.1. The molecule has 1 fully saturated rings. The highest BCUT2D eigenvalue weighted by Gasteiger charge is 2.30. The normalized spacial score (nSPS) is 26.2. The van der Waals surface area contributed by atoms with Crippen molar-refractivity contribution in [2.45, 2.75) is 58.9 Å². The number of carboxylic acids is 1. The monoisotopic (exact) mass is 241 g/mol. The number of aliphatic carboxylic acids is 1. The standard InChI is InChI=1S/C14H27NO2/c1-11-7-5-6-8-12(11)15(4)10-9-14(2,3)13(16)17/h11-12H,5-10H2,1-4H3,(H,16,17). The van der Waals surface area contributed by atoms with Crippen molar-refractivity contribution in [1.29, 1.82) is 0 Å². The second-order valence-corrected chi connectivity index (χ2v) is 6.25. The molecule has 0 radical (unpaired) electrons. The summed E-state index contributed by atoms with van der Waals surface area (Å²) in [6.07, 6.45) is 5.98. The summed E-state index contributed by atoms with van der Waals surface area (Å²) in [5.41, 5.74) is -0.605. The van der Waals surface area contributed by atoms with Crippen molar-refractivity contribution in [3.05, 3.63) is 0 Å². The van der Waals surface area contributed by atoms with Gasteiger partial charge in [-0.1, -0.05) is 19.8 Å². The van der Waals surface area contributed by atoms with E-state index in [1.807, 2.05) is 13.8 Å². The summed E-state index contributed by atoms with van der Waals surface area (Å²) in [7, 11) is 2.14. The molecular formula is C14H27NO2. The lowest BCUT2D eigenvalue weighted by Gasteiger charge is -2.37. The molecule has 0 spiro atoms. The molecule has 0 amide bonds. The molecule has 1 aliphatic rings. The minimum atomic E-state index is -0.692. The van der Waals surface area contributed by atoms with Gasteiger partial charge in [-0.2, -0.15) is 0 Å². The van der Waals surface area contributed by atoms with E-state index in [2.05, 4.69) is 18.9 Å². The molecule has 1 aliphatic carbocycles. The van der Waals surface area contributed by atoms with Crippen molar-refractivity contribution < 1.29 is 9.90 Å².